The molecule has 3 rings (SSSR count). The van der Waals surface area contributed by atoms with Gasteiger partial charge in [-0.25, -0.2) is 9.97 Å². The first-order chi connectivity index (χ1) is 12.5. The number of anilines is 2. The Labute approximate surface area is 160 Å². The lowest BCUT2D eigenvalue weighted by Crippen LogP contribution is -2.48. The van der Waals surface area contributed by atoms with E-state index < -0.39 is 0 Å². The first-order valence-electron chi connectivity index (χ1n) is 8.02. The van der Waals surface area contributed by atoms with Gasteiger partial charge in [-0.3, -0.25) is 9.59 Å². The molecule has 1 fully saturated rings. The topological polar surface area (TPSA) is 78.4 Å². The van der Waals surface area contributed by atoms with Crippen molar-refractivity contribution in [3.05, 3.63) is 45.7 Å². The highest BCUT2D eigenvalue weighted by atomic mass is 35.5. The van der Waals surface area contributed by atoms with Crippen LogP contribution >= 0.6 is 23.2 Å². The van der Waals surface area contributed by atoms with Crippen LogP contribution in [0, 0.1) is 6.92 Å². The largest absolute Gasteiger partial charge is 0.342 e. The molecule has 1 aromatic heterocycles. The number of amides is 2. The maximum Gasteiger partial charge on any atom is 0.272 e. The van der Waals surface area contributed by atoms with E-state index in [0.29, 0.717) is 53.3 Å². The van der Waals surface area contributed by atoms with Gasteiger partial charge in [-0.05, 0) is 31.2 Å². The summed E-state index contributed by atoms with van der Waals surface area (Å²) in [4.78, 5) is 35.5. The van der Waals surface area contributed by atoms with Crippen molar-refractivity contribution in [2.24, 2.45) is 0 Å². The fourth-order valence-electron chi connectivity index (χ4n) is 2.64. The van der Waals surface area contributed by atoms with E-state index in [1.165, 1.54) is 0 Å². The molecule has 0 spiro atoms. The highest BCUT2D eigenvalue weighted by molar-refractivity contribution is 6.36. The number of piperazine rings is 1. The van der Waals surface area contributed by atoms with Crippen molar-refractivity contribution < 1.29 is 9.59 Å². The van der Waals surface area contributed by atoms with Crippen LogP contribution in [0.5, 0.6) is 0 Å². The van der Waals surface area contributed by atoms with Crippen molar-refractivity contribution in [2.45, 2.75) is 6.92 Å². The van der Waals surface area contributed by atoms with E-state index in [1.54, 1.807) is 41.0 Å². The lowest BCUT2D eigenvalue weighted by atomic mass is 10.2. The number of benzene rings is 1. The third-order valence-corrected chi connectivity index (χ3v) is 4.55. The summed E-state index contributed by atoms with van der Waals surface area (Å²) in [6, 6.07) is 6.67. The zero-order valence-electron chi connectivity index (χ0n) is 14.1. The molecule has 0 radical (unpaired) electrons. The Morgan fingerprint density at radius 1 is 1.15 bits per heavy atom. The van der Waals surface area contributed by atoms with Gasteiger partial charge < -0.3 is 15.1 Å². The van der Waals surface area contributed by atoms with Crippen LogP contribution in [-0.4, -0.2) is 58.3 Å². The second-order valence-corrected chi connectivity index (χ2v) is 6.74. The van der Waals surface area contributed by atoms with Crippen LogP contribution < -0.4 is 5.32 Å². The first kappa shape index (κ1) is 18.4. The van der Waals surface area contributed by atoms with Crippen LogP contribution in [0.4, 0.5) is 11.6 Å². The van der Waals surface area contributed by atoms with E-state index in [1.807, 2.05) is 0 Å². The number of carbonyl (C=O) groups is 2. The zero-order valence-corrected chi connectivity index (χ0v) is 15.6. The van der Waals surface area contributed by atoms with Crippen LogP contribution in [-0.2, 0) is 4.79 Å². The number of hydrogen-bond donors (Lipinski definition) is 1. The Hall–Kier alpha value is -2.38. The summed E-state index contributed by atoms with van der Waals surface area (Å²) in [5.74, 6) is 0.0930. The summed E-state index contributed by atoms with van der Waals surface area (Å²) in [6.45, 7) is 3.78. The fraction of sp³-hybridized carbons (Fsp3) is 0.294. The molecule has 0 unspecified atom stereocenters. The third-order valence-electron chi connectivity index (χ3n) is 4.00. The van der Waals surface area contributed by atoms with Crippen molar-refractivity contribution in [3.8, 4) is 0 Å². The molecule has 2 heterocycles. The second-order valence-electron chi connectivity index (χ2n) is 5.90. The Kier molecular flexibility index (Phi) is 5.58. The number of nitrogens with zero attached hydrogens (tertiary/aromatic N) is 4. The maximum atomic E-state index is 12.7. The molecule has 9 heteroatoms. The summed E-state index contributed by atoms with van der Waals surface area (Å²) in [7, 11) is 0. The Bertz CT molecular complexity index is 838. The minimum atomic E-state index is -0.189. The molecule has 1 aliphatic heterocycles. The summed E-state index contributed by atoms with van der Waals surface area (Å²) >= 11 is 12.1. The van der Waals surface area contributed by atoms with Gasteiger partial charge in [0.05, 0.1) is 10.7 Å². The van der Waals surface area contributed by atoms with Crippen LogP contribution in [0.2, 0.25) is 10.0 Å². The molecular formula is C17H17Cl2N5O2. The zero-order chi connectivity index (χ0) is 18.7. The van der Waals surface area contributed by atoms with Crippen molar-refractivity contribution in [2.75, 3.05) is 31.5 Å². The van der Waals surface area contributed by atoms with Crippen LogP contribution in [0.3, 0.4) is 0 Å². The van der Waals surface area contributed by atoms with E-state index in [4.69, 9.17) is 23.2 Å². The van der Waals surface area contributed by atoms with Gasteiger partial charge >= 0.3 is 0 Å². The molecular weight excluding hydrogens is 377 g/mol. The average molecular weight is 394 g/mol. The number of rotatable bonds is 4. The minimum Gasteiger partial charge on any atom is -0.342 e. The lowest BCUT2D eigenvalue weighted by Gasteiger charge is -2.32. The molecule has 0 bridgehead atoms. The molecule has 26 heavy (non-hydrogen) atoms. The molecule has 1 aliphatic rings. The number of aromatic nitrogens is 2. The lowest BCUT2D eigenvalue weighted by molar-refractivity contribution is -0.119. The van der Waals surface area contributed by atoms with Gasteiger partial charge in [0.1, 0.15) is 5.69 Å². The van der Waals surface area contributed by atoms with Crippen molar-refractivity contribution in [1.82, 2.24) is 19.8 Å². The Morgan fingerprint density at radius 2 is 1.88 bits per heavy atom. The van der Waals surface area contributed by atoms with Gasteiger partial charge in [0, 0.05) is 36.9 Å². The first-order valence-corrected chi connectivity index (χ1v) is 8.78. The standard InChI is InChI=1S/C17H17Cl2N5O2/c1-11-8-15(16(26)24-6-4-23(10-25)5-7-24)22-17(20-11)21-14-3-2-12(18)9-13(14)19/h2-3,8-10H,4-7H2,1H3,(H,20,21,22). The van der Waals surface area contributed by atoms with Gasteiger partial charge in [0.2, 0.25) is 12.4 Å². The number of halogens is 2. The van der Waals surface area contributed by atoms with Gasteiger partial charge in [-0.2, -0.15) is 0 Å². The second kappa shape index (κ2) is 7.88. The SMILES string of the molecule is Cc1cc(C(=O)N2CCN(C=O)CC2)nc(Nc2ccc(Cl)cc2Cl)n1. The van der Waals surface area contributed by atoms with E-state index in [0.717, 1.165) is 6.41 Å². The van der Waals surface area contributed by atoms with Crippen LogP contribution in [0.15, 0.2) is 24.3 Å². The number of hydrogen-bond acceptors (Lipinski definition) is 5. The molecule has 0 atom stereocenters. The summed E-state index contributed by atoms with van der Waals surface area (Å²) in [5, 5.41) is 3.97. The predicted molar refractivity (Wildman–Crippen MR) is 100 cm³/mol. The normalized spacial score (nSPS) is 14.3. The fourth-order valence-corrected chi connectivity index (χ4v) is 3.09. The highest BCUT2D eigenvalue weighted by Crippen LogP contribution is 2.27. The van der Waals surface area contributed by atoms with Gasteiger partial charge in [0.25, 0.3) is 5.91 Å². The summed E-state index contributed by atoms with van der Waals surface area (Å²) < 4.78 is 0. The van der Waals surface area contributed by atoms with Gasteiger partial charge in [0.15, 0.2) is 0 Å². The molecule has 0 aliphatic carbocycles. The van der Waals surface area contributed by atoms with Crippen molar-refractivity contribution in [3.63, 3.8) is 0 Å². The van der Waals surface area contributed by atoms with Crippen molar-refractivity contribution >= 4 is 47.2 Å². The van der Waals surface area contributed by atoms with Crippen molar-refractivity contribution in [1.29, 1.82) is 0 Å². The molecule has 1 saturated heterocycles. The van der Waals surface area contributed by atoms with Crippen LogP contribution in [0.1, 0.15) is 16.2 Å². The summed E-state index contributed by atoms with van der Waals surface area (Å²) in [6.07, 6.45) is 0.800. The van der Waals surface area contributed by atoms with E-state index >= 15 is 0 Å². The minimum absolute atomic E-state index is 0.189. The number of carbonyl (C=O) groups excluding carboxylic acids is 2. The Balaban J connectivity index is 1.79. The molecule has 1 aromatic carbocycles. The van der Waals surface area contributed by atoms with Crippen LogP contribution in [0.25, 0.3) is 0 Å². The molecule has 7 nitrogen and oxygen atoms in total. The predicted octanol–water partition coefficient (Wildman–Crippen LogP) is 2.75. The molecule has 136 valence electrons. The van der Waals surface area contributed by atoms with Gasteiger partial charge in [-0.1, -0.05) is 23.2 Å². The van der Waals surface area contributed by atoms with E-state index in [9.17, 15) is 9.59 Å². The average Bonchev–Trinajstić information content (AvgIpc) is 2.63. The third kappa shape index (κ3) is 4.23. The maximum absolute atomic E-state index is 12.7. The smallest absolute Gasteiger partial charge is 0.272 e. The molecule has 1 N–H and O–H groups in total. The molecule has 2 aromatic rings. The summed E-state index contributed by atoms with van der Waals surface area (Å²) in [5.41, 5.74) is 1.55. The molecule has 2 amide bonds. The Morgan fingerprint density at radius 3 is 2.54 bits per heavy atom. The van der Waals surface area contributed by atoms with E-state index in [-0.39, 0.29) is 11.9 Å². The highest BCUT2D eigenvalue weighted by Gasteiger charge is 2.23. The van der Waals surface area contributed by atoms with E-state index in [2.05, 4.69) is 15.3 Å². The monoisotopic (exact) mass is 393 g/mol. The number of aryl methyl sites for hydroxylation is 1. The molecule has 0 saturated carbocycles. The quantitative estimate of drug-likeness (QED) is 0.807. The van der Waals surface area contributed by atoms with Gasteiger partial charge in [-0.15, -0.1) is 0 Å². The number of nitrogens with one attached hydrogen (secondary N) is 1.